The summed E-state index contributed by atoms with van der Waals surface area (Å²) in [5, 5.41) is 12.5. The maximum absolute atomic E-state index is 12.0. The standard InChI is InChI=1S/C13H19NO3/c1-5-13(2,3)14-12(16)10-8-9(17-4)6-7-11(10)15/h6-8,15H,5H2,1-4H3,(H,14,16). The molecule has 0 saturated carbocycles. The molecule has 0 unspecified atom stereocenters. The van der Waals surface area contributed by atoms with Crippen LogP contribution >= 0.6 is 0 Å². The molecule has 1 amide bonds. The fraction of sp³-hybridized carbons (Fsp3) is 0.462. The van der Waals surface area contributed by atoms with Crippen molar-refractivity contribution in [1.82, 2.24) is 5.32 Å². The Labute approximate surface area is 102 Å². The number of aromatic hydroxyl groups is 1. The van der Waals surface area contributed by atoms with Gasteiger partial charge in [0.05, 0.1) is 12.7 Å². The molecule has 0 spiro atoms. The zero-order valence-electron chi connectivity index (χ0n) is 10.7. The minimum atomic E-state index is -0.299. The van der Waals surface area contributed by atoms with Gasteiger partial charge in [0.25, 0.3) is 5.91 Å². The number of phenols is 1. The van der Waals surface area contributed by atoms with E-state index in [-0.39, 0.29) is 22.8 Å². The third-order valence-electron chi connectivity index (χ3n) is 2.78. The second-order valence-electron chi connectivity index (χ2n) is 4.57. The van der Waals surface area contributed by atoms with Crippen LogP contribution < -0.4 is 10.1 Å². The minimum absolute atomic E-state index is 0.0461. The first-order valence-electron chi connectivity index (χ1n) is 5.59. The van der Waals surface area contributed by atoms with Crippen molar-refractivity contribution in [1.29, 1.82) is 0 Å². The summed E-state index contributed by atoms with van der Waals surface area (Å²) in [6.45, 7) is 5.86. The number of ether oxygens (including phenoxy) is 1. The van der Waals surface area contributed by atoms with Gasteiger partial charge >= 0.3 is 0 Å². The highest BCUT2D eigenvalue weighted by molar-refractivity contribution is 5.97. The quantitative estimate of drug-likeness (QED) is 0.845. The van der Waals surface area contributed by atoms with Gasteiger partial charge < -0.3 is 15.2 Å². The molecule has 1 aromatic carbocycles. The molecule has 0 atom stereocenters. The Balaban J connectivity index is 2.96. The Bertz CT molecular complexity index is 413. The Morgan fingerprint density at radius 1 is 1.47 bits per heavy atom. The molecule has 2 N–H and O–H groups in total. The molecule has 1 aromatic rings. The minimum Gasteiger partial charge on any atom is -0.507 e. The Kier molecular flexibility index (Phi) is 3.99. The lowest BCUT2D eigenvalue weighted by Gasteiger charge is -2.24. The van der Waals surface area contributed by atoms with Crippen LogP contribution in [-0.2, 0) is 0 Å². The molecule has 0 aliphatic heterocycles. The number of carbonyl (C=O) groups excluding carboxylic acids is 1. The predicted octanol–water partition coefficient (Wildman–Crippen LogP) is 2.32. The molecule has 0 aliphatic carbocycles. The fourth-order valence-corrected chi connectivity index (χ4v) is 1.29. The van der Waals surface area contributed by atoms with Crippen LogP contribution in [0.25, 0.3) is 0 Å². The van der Waals surface area contributed by atoms with E-state index in [4.69, 9.17) is 4.74 Å². The Morgan fingerprint density at radius 3 is 2.65 bits per heavy atom. The van der Waals surface area contributed by atoms with Gasteiger partial charge in [0.15, 0.2) is 0 Å². The Hall–Kier alpha value is -1.71. The number of amides is 1. The smallest absolute Gasteiger partial charge is 0.255 e. The Morgan fingerprint density at radius 2 is 2.12 bits per heavy atom. The lowest BCUT2D eigenvalue weighted by atomic mass is 10.0. The molecule has 1 rings (SSSR count). The molecule has 0 bridgehead atoms. The molecule has 0 aliphatic rings. The first-order chi connectivity index (χ1) is 7.89. The van der Waals surface area contributed by atoms with Gasteiger partial charge in [-0.05, 0) is 38.5 Å². The third kappa shape index (κ3) is 3.37. The highest BCUT2D eigenvalue weighted by atomic mass is 16.5. The lowest BCUT2D eigenvalue weighted by molar-refractivity contribution is 0.0908. The van der Waals surface area contributed by atoms with Crippen molar-refractivity contribution in [3.05, 3.63) is 23.8 Å². The summed E-state index contributed by atoms with van der Waals surface area (Å²) in [6.07, 6.45) is 0.809. The molecule has 0 saturated heterocycles. The van der Waals surface area contributed by atoms with E-state index in [0.29, 0.717) is 5.75 Å². The first-order valence-corrected chi connectivity index (χ1v) is 5.59. The molecule has 0 radical (unpaired) electrons. The van der Waals surface area contributed by atoms with Crippen LogP contribution in [0.2, 0.25) is 0 Å². The molecular weight excluding hydrogens is 218 g/mol. The highest BCUT2D eigenvalue weighted by Crippen LogP contribution is 2.23. The van der Waals surface area contributed by atoms with Crippen LogP contribution in [0, 0.1) is 0 Å². The van der Waals surface area contributed by atoms with E-state index in [1.54, 1.807) is 6.07 Å². The van der Waals surface area contributed by atoms with Crippen molar-refractivity contribution in [2.24, 2.45) is 0 Å². The molecule has 17 heavy (non-hydrogen) atoms. The van der Waals surface area contributed by atoms with Gasteiger partial charge in [0, 0.05) is 5.54 Å². The number of hydrogen-bond donors (Lipinski definition) is 2. The normalized spacial score (nSPS) is 11.1. The first kappa shape index (κ1) is 13.4. The average molecular weight is 237 g/mol. The summed E-state index contributed by atoms with van der Waals surface area (Å²) in [6, 6.07) is 4.58. The topological polar surface area (TPSA) is 58.6 Å². The fourth-order valence-electron chi connectivity index (χ4n) is 1.29. The van der Waals surface area contributed by atoms with Gasteiger partial charge in [0.1, 0.15) is 11.5 Å². The van der Waals surface area contributed by atoms with Crippen LogP contribution in [-0.4, -0.2) is 23.7 Å². The summed E-state index contributed by atoms with van der Waals surface area (Å²) < 4.78 is 5.03. The number of benzene rings is 1. The molecule has 4 nitrogen and oxygen atoms in total. The number of carbonyl (C=O) groups is 1. The van der Waals surface area contributed by atoms with E-state index >= 15 is 0 Å². The molecule has 94 valence electrons. The lowest BCUT2D eigenvalue weighted by Crippen LogP contribution is -2.42. The summed E-state index contributed by atoms with van der Waals surface area (Å²) in [4.78, 5) is 12.0. The predicted molar refractivity (Wildman–Crippen MR) is 66.5 cm³/mol. The van der Waals surface area contributed by atoms with Crippen molar-refractivity contribution in [2.45, 2.75) is 32.7 Å². The maximum atomic E-state index is 12.0. The van der Waals surface area contributed by atoms with Crippen LogP contribution in [0.3, 0.4) is 0 Å². The van der Waals surface area contributed by atoms with E-state index in [9.17, 15) is 9.90 Å². The SMILES string of the molecule is CCC(C)(C)NC(=O)c1cc(OC)ccc1O. The van der Waals surface area contributed by atoms with Crippen molar-refractivity contribution in [2.75, 3.05) is 7.11 Å². The number of rotatable bonds is 4. The summed E-state index contributed by atoms with van der Waals surface area (Å²) in [5.74, 6) is 0.200. The second-order valence-corrected chi connectivity index (χ2v) is 4.57. The van der Waals surface area contributed by atoms with Gasteiger partial charge in [-0.15, -0.1) is 0 Å². The van der Waals surface area contributed by atoms with Crippen LogP contribution in [0.4, 0.5) is 0 Å². The van der Waals surface area contributed by atoms with E-state index in [1.807, 2.05) is 20.8 Å². The summed E-state index contributed by atoms with van der Waals surface area (Å²) >= 11 is 0. The number of methoxy groups -OCH3 is 1. The largest absolute Gasteiger partial charge is 0.507 e. The zero-order chi connectivity index (χ0) is 13.1. The van der Waals surface area contributed by atoms with Crippen molar-refractivity contribution < 1.29 is 14.6 Å². The van der Waals surface area contributed by atoms with E-state index in [0.717, 1.165) is 6.42 Å². The molecule has 0 aromatic heterocycles. The number of nitrogens with one attached hydrogen (secondary N) is 1. The van der Waals surface area contributed by atoms with E-state index in [1.165, 1.54) is 19.2 Å². The monoisotopic (exact) mass is 237 g/mol. The second kappa shape index (κ2) is 5.08. The van der Waals surface area contributed by atoms with Gasteiger partial charge in [-0.3, -0.25) is 4.79 Å². The maximum Gasteiger partial charge on any atom is 0.255 e. The zero-order valence-corrected chi connectivity index (χ0v) is 10.7. The van der Waals surface area contributed by atoms with Crippen LogP contribution in [0.1, 0.15) is 37.6 Å². The van der Waals surface area contributed by atoms with Crippen molar-refractivity contribution >= 4 is 5.91 Å². The van der Waals surface area contributed by atoms with Gasteiger partial charge in [-0.1, -0.05) is 6.92 Å². The summed E-state index contributed by atoms with van der Waals surface area (Å²) in [7, 11) is 1.52. The number of phenolic OH excluding ortho intramolecular Hbond substituents is 1. The molecule has 4 heteroatoms. The van der Waals surface area contributed by atoms with Crippen LogP contribution in [0.5, 0.6) is 11.5 Å². The highest BCUT2D eigenvalue weighted by Gasteiger charge is 2.21. The molecular formula is C13H19NO3. The third-order valence-corrected chi connectivity index (χ3v) is 2.78. The van der Waals surface area contributed by atoms with Crippen LogP contribution in [0.15, 0.2) is 18.2 Å². The van der Waals surface area contributed by atoms with Crippen molar-refractivity contribution in [3.8, 4) is 11.5 Å². The molecule has 0 fully saturated rings. The van der Waals surface area contributed by atoms with E-state index < -0.39 is 0 Å². The van der Waals surface area contributed by atoms with Gasteiger partial charge in [-0.25, -0.2) is 0 Å². The van der Waals surface area contributed by atoms with Gasteiger partial charge in [0.2, 0.25) is 0 Å². The average Bonchev–Trinajstić information content (AvgIpc) is 2.29. The van der Waals surface area contributed by atoms with E-state index in [2.05, 4.69) is 5.32 Å². The summed E-state index contributed by atoms with van der Waals surface area (Å²) in [5.41, 5.74) is -0.0713. The van der Waals surface area contributed by atoms with Crippen molar-refractivity contribution in [3.63, 3.8) is 0 Å². The number of hydrogen-bond acceptors (Lipinski definition) is 3. The molecule has 0 heterocycles. The van der Waals surface area contributed by atoms with Gasteiger partial charge in [-0.2, -0.15) is 0 Å².